The number of anilines is 2. The molecule has 3 aliphatic heterocycles. The number of ether oxygens (including phenoxy) is 3. The largest absolute Gasteiger partial charge is 0.486 e. The molecule has 0 aromatic heterocycles. The Balaban J connectivity index is 1.40. The molecule has 1 atom stereocenters. The lowest BCUT2D eigenvalue weighted by molar-refractivity contribution is -0.138. The van der Waals surface area contributed by atoms with Gasteiger partial charge in [-0.05, 0) is 37.6 Å². The summed E-state index contributed by atoms with van der Waals surface area (Å²) in [6.07, 6.45) is 0.513. The number of hydrogen-bond donors (Lipinski definition) is 2. The molecular weight excluding hydrogens is 476 g/mol. The van der Waals surface area contributed by atoms with Crippen molar-refractivity contribution in [3.05, 3.63) is 53.7 Å². The van der Waals surface area contributed by atoms with Gasteiger partial charge in [-0.2, -0.15) is 0 Å². The predicted octanol–water partition coefficient (Wildman–Crippen LogP) is 3.31. The first-order valence-corrected chi connectivity index (χ1v) is 12.3. The van der Waals surface area contributed by atoms with E-state index in [4.69, 9.17) is 14.2 Å². The number of esters is 1. The molecule has 5 rings (SSSR count). The Kier molecular flexibility index (Phi) is 6.80. The average Bonchev–Trinajstić information content (AvgIpc) is 3.22. The van der Waals surface area contributed by atoms with Crippen LogP contribution in [0.25, 0.3) is 0 Å². The van der Waals surface area contributed by atoms with Crippen LogP contribution in [0.1, 0.15) is 26.7 Å². The zero-order valence-corrected chi connectivity index (χ0v) is 20.7. The maximum absolute atomic E-state index is 13.4. The fraction of sp³-hybridized carbons (Fsp3) is 0.333. The van der Waals surface area contributed by atoms with E-state index < -0.39 is 17.8 Å². The van der Waals surface area contributed by atoms with Crippen molar-refractivity contribution in [3.8, 4) is 11.5 Å². The number of fused-ring (bicyclic) bond motifs is 2. The highest BCUT2D eigenvalue weighted by molar-refractivity contribution is 6.24. The van der Waals surface area contributed by atoms with Gasteiger partial charge in [0.2, 0.25) is 11.8 Å². The third kappa shape index (κ3) is 4.87. The number of allylic oxidation sites excluding steroid dienone is 1. The van der Waals surface area contributed by atoms with Crippen LogP contribution in [0.3, 0.4) is 0 Å². The van der Waals surface area contributed by atoms with Gasteiger partial charge in [0.15, 0.2) is 11.5 Å². The van der Waals surface area contributed by atoms with Gasteiger partial charge in [-0.15, -0.1) is 0 Å². The van der Waals surface area contributed by atoms with Crippen molar-refractivity contribution in [1.82, 2.24) is 5.32 Å². The number of amides is 2. The van der Waals surface area contributed by atoms with E-state index in [1.807, 2.05) is 25.1 Å². The van der Waals surface area contributed by atoms with E-state index in [9.17, 15) is 14.4 Å². The van der Waals surface area contributed by atoms with E-state index in [0.29, 0.717) is 53.9 Å². The Morgan fingerprint density at radius 2 is 1.92 bits per heavy atom. The highest BCUT2D eigenvalue weighted by atomic mass is 16.6. The molecule has 1 saturated heterocycles. The summed E-state index contributed by atoms with van der Waals surface area (Å²) in [5, 5.41) is 6.09. The van der Waals surface area contributed by atoms with Gasteiger partial charge in [0.1, 0.15) is 24.6 Å². The summed E-state index contributed by atoms with van der Waals surface area (Å²) in [7, 11) is 0. The molecule has 0 spiro atoms. The summed E-state index contributed by atoms with van der Waals surface area (Å²) in [5.41, 5.74) is 2.68. The average molecular weight is 505 g/mol. The van der Waals surface area contributed by atoms with Gasteiger partial charge in [-0.25, -0.2) is 9.79 Å². The first-order valence-electron chi connectivity index (χ1n) is 12.3. The third-order valence-electron chi connectivity index (χ3n) is 6.37. The van der Waals surface area contributed by atoms with E-state index in [-0.39, 0.29) is 36.9 Å². The fourth-order valence-corrected chi connectivity index (χ4v) is 4.55. The lowest BCUT2D eigenvalue weighted by Crippen LogP contribution is -2.40. The number of rotatable bonds is 5. The molecule has 0 aliphatic carbocycles. The third-order valence-corrected chi connectivity index (χ3v) is 6.37. The molecule has 2 amide bonds. The fourth-order valence-electron chi connectivity index (χ4n) is 4.55. The summed E-state index contributed by atoms with van der Waals surface area (Å²) in [5.74, 6) is -0.503. The Labute approximate surface area is 214 Å². The number of nitrogens with one attached hydrogen (secondary N) is 2. The van der Waals surface area contributed by atoms with Gasteiger partial charge < -0.3 is 29.7 Å². The van der Waals surface area contributed by atoms with Gasteiger partial charge in [-0.3, -0.25) is 9.59 Å². The first kappa shape index (κ1) is 24.4. The summed E-state index contributed by atoms with van der Waals surface area (Å²) in [6, 6.07) is 12.6. The highest BCUT2D eigenvalue weighted by Crippen LogP contribution is 2.36. The number of aliphatic imine (C=N–C) groups is 1. The smallest absolute Gasteiger partial charge is 0.343 e. The minimum Gasteiger partial charge on any atom is -0.486 e. The molecule has 1 fully saturated rings. The Morgan fingerprint density at radius 1 is 1.14 bits per heavy atom. The number of amidine groups is 1. The first-order chi connectivity index (χ1) is 18.0. The van der Waals surface area contributed by atoms with E-state index in [0.717, 1.165) is 0 Å². The lowest BCUT2D eigenvalue weighted by Gasteiger charge is -2.22. The van der Waals surface area contributed by atoms with Gasteiger partial charge in [0.05, 0.1) is 23.9 Å². The second-order valence-electron chi connectivity index (χ2n) is 8.75. The standard InChI is InChI=1S/C27H28N4O6/c1-3-18-24(27(34)35-4-2)25(29-20-8-6-5-7-19(20)28-18)30-26(33)16-13-23(32)31(15-16)17-9-10-21-22(14-17)37-12-11-36-21/h5-10,14,16,28H,3-4,11-13,15H2,1-2H3,(H,29,30,33)/t16-/m1/s1. The van der Waals surface area contributed by atoms with E-state index >= 15 is 0 Å². The molecule has 0 saturated carbocycles. The summed E-state index contributed by atoms with van der Waals surface area (Å²) in [6.45, 7) is 4.89. The second-order valence-corrected chi connectivity index (χ2v) is 8.75. The molecule has 37 heavy (non-hydrogen) atoms. The van der Waals surface area contributed by atoms with E-state index in [1.54, 1.807) is 36.1 Å². The molecule has 10 nitrogen and oxygen atoms in total. The molecule has 10 heteroatoms. The molecule has 0 bridgehead atoms. The van der Waals surface area contributed by atoms with Crippen LogP contribution in [0.5, 0.6) is 11.5 Å². The van der Waals surface area contributed by atoms with Gasteiger partial charge in [0.25, 0.3) is 0 Å². The minimum absolute atomic E-state index is 0.0292. The van der Waals surface area contributed by atoms with Gasteiger partial charge >= 0.3 is 5.97 Å². The normalized spacial score (nSPS) is 18.4. The monoisotopic (exact) mass is 504 g/mol. The Hall–Kier alpha value is -4.34. The second kappa shape index (κ2) is 10.3. The molecule has 2 N–H and O–H groups in total. The number of para-hydroxylation sites is 2. The highest BCUT2D eigenvalue weighted by Gasteiger charge is 2.37. The predicted molar refractivity (Wildman–Crippen MR) is 137 cm³/mol. The SMILES string of the molecule is CCOC(=O)C1=C(CC)Nc2ccccc2N=C1NC(=O)[C@@H]1CC(=O)N(c2ccc3c(c2)OCCO3)C1. The van der Waals surface area contributed by atoms with Crippen LogP contribution < -0.4 is 25.0 Å². The molecule has 2 aromatic rings. The van der Waals surface area contributed by atoms with Crippen molar-refractivity contribution >= 4 is 40.7 Å². The summed E-state index contributed by atoms with van der Waals surface area (Å²) < 4.78 is 16.5. The number of carbonyl (C=O) groups excluding carboxylic acids is 3. The molecule has 3 heterocycles. The van der Waals surface area contributed by atoms with E-state index in [1.165, 1.54) is 0 Å². The molecule has 2 aromatic carbocycles. The van der Waals surface area contributed by atoms with Gasteiger partial charge in [0, 0.05) is 30.4 Å². The quantitative estimate of drug-likeness (QED) is 0.600. The van der Waals surface area contributed by atoms with Crippen LogP contribution in [0.4, 0.5) is 17.1 Å². The van der Waals surface area contributed by atoms with Crippen LogP contribution >= 0.6 is 0 Å². The number of nitrogens with zero attached hydrogens (tertiary/aromatic N) is 2. The Morgan fingerprint density at radius 3 is 2.70 bits per heavy atom. The van der Waals surface area contributed by atoms with Crippen molar-refractivity contribution in [1.29, 1.82) is 0 Å². The van der Waals surface area contributed by atoms with Crippen LogP contribution in [0.15, 0.2) is 58.7 Å². The number of benzene rings is 2. The van der Waals surface area contributed by atoms with Crippen LogP contribution in [-0.4, -0.2) is 50.0 Å². The molecule has 0 radical (unpaired) electrons. The minimum atomic E-state index is -0.636. The maximum Gasteiger partial charge on any atom is 0.343 e. The maximum atomic E-state index is 13.4. The van der Waals surface area contributed by atoms with E-state index in [2.05, 4.69) is 15.6 Å². The number of hydrogen-bond acceptors (Lipinski definition) is 8. The number of carbonyl (C=O) groups is 3. The van der Waals surface area contributed by atoms with Crippen molar-refractivity contribution in [2.75, 3.05) is 36.6 Å². The zero-order chi connectivity index (χ0) is 25.9. The van der Waals surface area contributed by atoms with Crippen molar-refractivity contribution in [2.45, 2.75) is 26.7 Å². The summed E-state index contributed by atoms with van der Waals surface area (Å²) in [4.78, 5) is 45.4. The Bertz CT molecular complexity index is 1320. The van der Waals surface area contributed by atoms with Crippen molar-refractivity contribution in [3.63, 3.8) is 0 Å². The van der Waals surface area contributed by atoms with Gasteiger partial charge in [-0.1, -0.05) is 19.1 Å². The van der Waals surface area contributed by atoms with Crippen LogP contribution in [-0.2, 0) is 19.1 Å². The summed E-state index contributed by atoms with van der Waals surface area (Å²) >= 11 is 0. The lowest BCUT2D eigenvalue weighted by atomic mass is 10.1. The van der Waals surface area contributed by atoms with Crippen molar-refractivity contribution < 1.29 is 28.6 Å². The zero-order valence-electron chi connectivity index (χ0n) is 20.7. The van der Waals surface area contributed by atoms with Crippen LogP contribution in [0.2, 0.25) is 0 Å². The van der Waals surface area contributed by atoms with Crippen molar-refractivity contribution in [2.24, 2.45) is 10.9 Å². The van der Waals surface area contributed by atoms with Crippen LogP contribution in [0, 0.1) is 5.92 Å². The molecule has 192 valence electrons. The molecule has 0 unspecified atom stereocenters. The molecule has 3 aliphatic rings. The topological polar surface area (TPSA) is 119 Å². The molecular formula is C27H28N4O6.